The van der Waals surface area contributed by atoms with Crippen LogP contribution in [-0.2, 0) is 12.1 Å². The first-order valence-corrected chi connectivity index (χ1v) is 14.7. The molecule has 0 spiro atoms. The Balaban J connectivity index is 1.51. The second-order valence-electron chi connectivity index (χ2n) is 11.2. The summed E-state index contributed by atoms with van der Waals surface area (Å²) in [5.74, 6) is -1.01. The number of nitrogens with one attached hydrogen (secondary N) is 2. The molecule has 2 heterocycles. The van der Waals surface area contributed by atoms with E-state index in [4.69, 9.17) is 5.11 Å². The van der Waals surface area contributed by atoms with Crippen LogP contribution in [0.2, 0.25) is 0 Å². The molecule has 5 rings (SSSR count). The Morgan fingerprint density at radius 3 is 2.65 bits per heavy atom. The van der Waals surface area contributed by atoms with Crippen molar-refractivity contribution in [2.75, 3.05) is 26.7 Å². The first kappa shape index (κ1) is 30.1. The highest BCUT2D eigenvalue weighted by Crippen LogP contribution is 2.44. The molecule has 9 heteroatoms. The number of hydrogen-bond acceptors (Lipinski definition) is 5. The summed E-state index contributed by atoms with van der Waals surface area (Å²) in [4.78, 5) is 31.0. The number of nitrogens with zero attached hydrogens (tertiary/aromatic N) is 2. The molecule has 1 aliphatic heterocycles. The quantitative estimate of drug-likeness (QED) is 0.182. The summed E-state index contributed by atoms with van der Waals surface area (Å²) < 4.78 is 15.7. The summed E-state index contributed by atoms with van der Waals surface area (Å²) in [5.41, 5.74) is 2.09. The fourth-order valence-electron chi connectivity index (χ4n) is 6.20. The van der Waals surface area contributed by atoms with Crippen molar-refractivity contribution in [3.63, 3.8) is 0 Å². The molecule has 0 radical (unpaired) electrons. The summed E-state index contributed by atoms with van der Waals surface area (Å²) in [7, 11) is 1.87. The lowest BCUT2D eigenvalue weighted by Gasteiger charge is -2.43. The van der Waals surface area contributed by atoms with Crippen LogP contribution in [0.3, 0.4) is 0 Å². The maximum atomic E-state index is 15.7. The third kappa shape index (κ3) is 6.68. The molecule has 1 aliphatic rings. The van der Waals surface area contributed by atoms with Crippen molar-refractivity contribution >= 4 is 22.9 Å². The molecule has 43 heavy (non-hydrogen) atoms. The minimum absolute atomic E-state index is 0.117. The number of aliphatic hydroxyl groups is 1. The first-order chi connectivity index (χ1) is 20.8. The molecule has 1 fully saturated rings. The zero-order valence-electron chi connectivity index (χ0n) is 24.2. The number of hydrogen-bond donors (Lipinski definition) is 4. The van der Waals surface area contributed by atoms with E-state index in [1.165, 1.54) is 6.07 Å². The molecule has 0 saturated carbocycles. The topological polar surface area (TPSA) is 115 Å². The second kappa shape index (κ2) is 13.3. The third-order valence-corrected chi connectivity index (χ3v) is 8.34. The van der Waals surface area contributed by atoms with Gasteiger partial charge in [-0.3, -0.25) is 9.78 Å². The molecule has 3 aromatic carbocycles. The Bertz CT molecular complexity index is 1600. The highest BCUT2D eigenvalue weighted by molar-refractivity contribution is 5.94. The number of piperidine rings is 1. The molecule has 1 saturated heterocycles. The largest absolute Gasteiger partial charge is 0.465 e. The number of aromatic nitrogens is 1. The summed E-state index contributed by atoms with van der Waals surface area (Å²) in [6.45, 7) is 1.67. The Morgan fingerprint density at radius 1 is 1.09 bits per heavy atom. The Kier molecular flexibility index (Phi) is 9.33. The van der Waals surface area contributed by atoms with E-state index < -0.39 is 23.4 Å². The van der Waals surface area contributed by atoms with E-state index in [1.807, 2.05) is 61.6 Å². The fraction of sp³-hybridized carbons (Fsp3) is 0.324. The van der Waals surface area contributed by atoms with Crippen LogP contribution in [0.5, 0.6) is 0 Å². The molecule has 0 aliphatic carbocycles. The molecule has 2 atom stereocenters. The van der Waals surface area contributed by atoms with Gasteiger partial charge in [0.2, 0.25) is 0 Å². The van der Waals surface area contributed by atoms with E-state index in [2.05, 4.69) is 15.6 Å². The van der Waals surface area contributed by atoms with E-state index >= 15 is 4.39 Å². The number of amides is 2. The van der Waals surface area contributed by atoms with Crippen molar-refractivity contribution < 1.29 is 24.2 Å². The average Bonchev–Trinajstić information content (AvgIpc) is 3.03. The summed E-state index contributed by atoms with van der Waals surface area (Å²) in [5, 5.41) is 28.0. The van der Waals surface area contributed by atoms with E-state index in [9.17, 15) is 14.7 Å². The minimum atomic E-state index is -1.54. The van der Waals surface area contributed by atoms with E-state index in [-0.39, 0.29) is 31.0 Å². The number of carboxylic acid groups (broad SMARTS) is 1. The second-order valence-corrected chi connectivity index (χ2v) is 11.2. The van der Waals surface area contributed by atoms with Crippen LogP contribution in [-0.4, -0.2) is 58.8 Å². The van der Waals surface area contributed by atoms with Gasteiger partial charge in [0, 0.05) is 60.4 Å². The zero-order valence-corrected chi connectivity index (χ0v) is 24.2. The van der Waals surface area contributed by atoms with E-state index in [1.54, 1.807) is 23.2 Å². The van der Waals surface area contributed by atoms with Crippen molar-refractivity contribution in [3.8, 4) is 11.1 Å². The number of fused-ring (bicyclic) bond motifs is 1. The molecule has 1 aromatic heterocycles. The van der Waals surface area contributed by atoms with Gasteiger partial charge in [0.1, 0.15) is 5.82 Å². The lowest BCUT2D eigenvalue weighted by Crippen LogP contribution is -2.48. The highest BCUT2D eigenvalue weighted by atomic mass is 19.1. The molecular formula is C34H37FN4O4. The maximum absolute atomic E-state index is 15.7. The minimum Gasteiger partial charge on any atom is -0.465 e. The number of para-hydroxylation sites is 1. The molecule has 4 N–H and O–H groups in total. The molecule has 4 aromatic rings. The summed E-state index contributed by atoms with van der Waals surface area (Å²) in [6.07, 6.45) is 2.27. The van der Waals surface area contributed by atoms with Crippen LogP contribution >= 0.6 is 0 Å². The molecular weight excluding hydrogens is 547 g/mol. The lowest BCUT2D eigenvalue weighted by atomic mass is 9.72. The van der Waals surface area contributed by atoms with Gasteiger partial charge in [-0.2, -0.15) is 0 Å². The predicted molar refractivity (Wildman–Crippen MR) is 164 cm³/mol. The van der Waals surface area contributed by atoms with Crippen molar-refractivity contribution in [1.82, 2.24) is 20.5 Å². The number of carbonyl (C=O) groups excluding carboxylic acids is 1. The van der Waals surface area contributed by atoms with Gasteiger partial charge in [-0.1, -0.05) is 42.5 Å². The smallest absolute Gasteiger partial charge is 0.404 e. The Labute approximate surface area is 250 Å². The van der Waals surface area contributed by atoms with Gasteiger partial charge >= 0.3 is 6.09 Å². The average molecular weight is 585 g/mol. The molecule has 2 amide bonds. The van der Waals surface area contributed by atoms with Gasteiger partial charge in [0.15, 0.2) is 0 Å². The third-order valence-electron chi connectivity index (χ3n) is 8.34. The Hall–Kier alpha value is -4.34. The monoisotopic (exact) mass is 584 g/mol. The van der Waals surface area contributed by atoms with Crippen LogP contribution in [0.25, 0.3) is 22.0 Å². The van der Waals surface area contributed by atoms with Gasteiger partial charge in [-0.05, 0) is 74.2 Å². The van der Waals surface area contributed by atoms with Gasteiger partial charge < -0.3 is 25.7 Å². The van der Waals surface area contributed by atoms with Crippen molar-refractivity contribution in [2.24, 2.45) is 5.92 Å². The number of halogens is 1. The normalized spacial score (nSPS) is 16.5. The number of likely N-dealkylation sites (tertiary alicyclic amines) is 1. The predicted octanol–water partition coefficient (Wildman–Crippen LogP) is 5.55. The van der Waals surface area contributed by atoms with Gasteiger partial charge in [0.25, 0.3) is 5.91 Å². The van der Waals surface area contributed by atoms with Crippen LogP contribution in [0.15, 0.2) is 79.0 Å². The maximum Gasteiger partial charge on any atom is 0.404 e. The number of rotatable bonds is 10. The van der Waals surface area contributed by atoms with Crippen LogP contribution < -0.4 is 10.6 Å². The van der Waals surface area contributed by atoms with Crippen molar-refractivity contribution in [1.29, 1.82) is 0 Å². The van der Waals surface area contributed by atoms with Gasteiger partial charge in [-0.15, -0.1) is 0 Å². The Morgan fingerprint density at radius 2 is 1.88 bits per heavy atom. The molecule has 224 valence electrons. The molecule has 2 unspecified atom stereocenters. The van der Waals surface area contributed by atoms with Crippen molar-refractivity contribution in [2.45, 2.75) is 37.8 Å². The van der Waals surface area contributed by atoms with Crippen LogP contribution in [0.1, 0.15) is 47.2 Å². The summed E-state index contributed by atoms with van der Waals surface area (Å²) >= 11 is 0. The summed E-state index contributed by atoms with van der Waals surface area (Å²) in [6, 6.07) is 21.6. The van der Waals surface area contributed by atoms with Gasteiger partial charge in [-0.25, -0.2) is 9.18 Å². The number of pyridine rings is 1. The van der Waals surface area contributed by atoms with Crippen molar-refractivity contribution in [3.05, 3.63) is 102 Å². The first-order valence-electron chi connectivity index (χ1n) is 14.7. The molecule has 0 bridgehead atoms. The number of benzene rings is 3. The SMILES string of the molecule is CNCc1ccc(C(=O)N2CCCC(C(O)(CCCNC(=O)O)c3cccc(F)c3-c3cnc4ccccc4c3)C2)cc1. The highest BCUT2D eigenvalue weighted by Gasteiger charge is 2.43. The van der Waals surface area contributed by atoms with E-state index in [0.717, 1.165) is 16.5 Å². The zero-order chi connectivity index (χ0) is 30.4. The van der Waals surface area contributed by atoms with Gasteiger partial charge in [0.05, 0.1) is 11.1 Å². The molecule has 8 nitrogen and oxygen atoms in total. The fourth-order valence-corrected chi connectivity index (χ4v) is 6.20. The van der Waals surface area contributed by atoms with Crippen LogP contribution in [0.4, 0.5) is 9.18 Å². The van der Waals surface area contributed by atoms with Crippen LogP contribution in [0, 0.1) is 11.7 Å². The standard InChI is InChI=1S/C34H37FN4O4/c1-36-20-23-12-14-24(15-13-23)32(40)39-18-5-8-27(22-39)34(43,16-6-17-37-33(41)42)28-9-4-10-29(35)31(28)26-19-25-7-2-3-11-30(25)38-21-26/h2-4,7,9-15,19,21,27,36-37,43H,5-6,8,16-18,20,22H2,1H3,(H,41,42). The lowest BCUT2D eigenvalue weighted by molar-refractivity contribution is -0.0564. The van der Waals surface area contributed by atoms with E-state index in [0.29, 0.717) is 49.0 Å². The number of carbonyl (C=O) groups is 2.